The monoisotopic (exact) mass is 457 g/mol. The number of hydrogen-bond acceptors (Lipinski definition) is 12. The molecule has 1 aliphatic heterocycles. The Morgan fingerprint density at radius 2 is 1.59 bits per heavy atom. The molecular formula is C18H23N3O11. The highest BCUT2D eigenvalue weighted by Crippen LogP contribution is 2.36. The van der Waals surface area contributed by atoms with E-state index < -0.39 is 71.9 Å². The Morgan fingerprint density at radius 1 is 1.03 bits per heavy atom. The van der Waals surface area contributed by atoms with Gasteiger partial charge in [-0.2, -0.15) is 0 Å². The zero-order chi connectivity index (χ0) is 24.2. The van der Waals surface area contributed by atoms with E-state index in [4.69, 9.17) is 23.7 Å². The molecule has 32 heavy (non-hydrogen) atoms. The number of aryl methyl sites for hydroxylation is 1. The summed E-state index contributed by atoms with van der Waals surface area (Å²) in [5.74, 6) is -3.38. The molecule has 1 aromatic heterocycles. The van der Waals surface area contributed by atoms with Crippen LogP contribution in [0.5, 0.6) is 0 Å². The number of nitrogens with zero attached hydrogens (tertiary/aromatic N) is 3. The Kier molecular flexibility index (Phi) is 7.86. The van der Waals surface area contributed by atoms with Gasteiger partial charge in [0.15, 0.2) is 12.2 Å². The highest BCUT2D eigenvalue weighted by Gasteiger charge is 2.53. The lowest BCUT2D eigenvalue weighted by Gasteiger charge is -2.44. The van der Waals surface area contributed by atoms with Gasteiger partial charge in [-0.15, -0.1) is 0 Å². The maximum absolute atomic E-state index is 11.9. The Bertz CT molecular complexity index is 912. The highest BCUT2D eigenvalue weighted by molar-refractivity contribution is 5.68. The third-order valence-corrected chi connectivity index (χ3v) is 4.36. The van der Waals surface area contributed by atoms with Gasteiger partial charge in [0.05, 0.1) is 0 Å². The Balaban J connectivity index is 2.62. The second kappa shape index (κ2) is 10.2. The fourth-order valence-corrected chi connectivity index (χ4v) is 3.30. The fraction of sp³-hybridized carbons (Fsp3) is 0.611. The van der Waals surface area contributed by atoms with Crippen molar-refractivity contribution in [3.8, 4) is 0 Å². The number of carbonyl (C=O) groups excluding carboxylic acids is 4. The Hall–Kier alpha value is -3.55. The van der Waals surface area contributed by atoms with Crippen LogP contribution in [0.2, 0.25) is 0 Å². The number of aromatic nitrogens is 2. The van der Waals surface area contributed by atoms with Crippen molar-refractivity contribution in [2.24, 2.45) is 0 Å². The van der Waals surface area contributed by atoms with E-state index in [0.717, 1.165) is 33.9 Å². The maximum Gasteiger partial charge on any atom is 0.381 e. The highest BCUT2D eigenvalue weighted by atomic mass is 16.7. The molecule has 0 N–H and O–H groups in total. The van der Waals surface area contributed by atoms with Crippen molar-refractivity contribution < 1.29 is 47.8 Å². The van der Waals surface area contributed by atoms with E-state index >= 15 is 0 Å². The van der Waals surface area contributed by atoms with Gasteiger partial charge in [0.2, 0.25) is 12.1 Å². The van der Waals surface area contributed by atoms with Crippen molar-refractivity contribution in [2.45, 2.75) is 65.3 Å². The predicted octanol–water partition coefficient (Wildman–Crippen LogP) is 0.355. The van der Waals surface area contributed by atoms with Crippen LogP contribution in [0.1, 0.15) is 39.6 Å². The molecule has 176 valence electrons. The number of nitro groups is 1. The molecule has 5 atom stereocenters. The topological polar surface area (TPSA) is 175 Å². The van der Waals surface area contributed by atoms with Crippen molar-refractivity contribution in [3.05, 3.63) is 22.1 Å². The van der Waals surface area contributed by atoms with Crippen LogP contribution < -0.4 is 0 Å². The van der Waals surface area contributed by atoms with Gasteiger partial charge < -0.3 is 33.8 Å². The standard InChI is InChI=1S/C18H23N3O11/c1-8-19-14(21(26)27)6-20(8)15-17(30-11(4)24)16(29-10(3)23)13(7-28-9(2)22)32-18(15)31-12(5)25/h6,13,15-18H,7H2,1-5H3/t13-,15+,16-,17-,18-/m1/s1. The summed E-state index contributed by atoms with van der Waals surface area (Å²) in [4.78, 5) is 61.0. The molecule has 1 saturated heterocycles. The van der Waals surface area contributed by atoms with Crippen LogP contribution in [0.3, 0.4) is 0 Å². The summed E-state index contributed by atoms with van der Waals surface area (Å²) in [7, 11) is 0. The van der Waals surface area contributed by atoms with Crippen molar-refractivity contribution in [3.63, 3.8) is 0 Å². The molecule has 14 heteroatoms. The van der Waals surface area contributed by atoms with Gasteiger partial charge in [-0.25, -0.2) is 0 Å². The van der Waals surface area contributed by atoms with Crippen molar-refractivity contribution in [2.75, 3.05) is 6.61 Å². The van der Waals surface area contributed by atoms with Crippen molar-refractivity contribution in [1.29, 1.82) is 0 Å². The Labute approximate surface area is 181 Å². The molecule has 0 unspecified atom stereocenters. The molecule has 0 spiro atoms. The predicted molar refractivity (Wildman–Crippen MR) is 101 cm³/mol. The van der Waals surface area contributed by atoms with Gasteiger partial charge >= 0.3 is 29.7 Å². The summed E-state index contributed by atoms with van der Waals surface area (Å²) in [6.07, 6.45) is -4.26. The van der Waals surface area contributed by atoms with E-state index in [-0.39, 0.29) is 5.82 Å². The third kappa shape index (κ3) is 6.00. The fourth-order valence-electron chi connectivity index (χ4n) is 3.30. The molecule has 2 rings (SSSR count). The zero-order valence-electron chi connectivity index (χ0n) is 18.0. The first kappa shape index (κ1) is 24.7. The van der Waals surface area contributed by atoms with Crippen LogP contribution in [0.25, 0.3) is 0 Å². The minimum atomic E-state index is -1.46. The lowest BCUT2D eigenvalue weighted by atomic mass is 9.95. The summed E-state index contributed by atoms with van der Waals surface area (Å²) in [6, 6.07) is -1.22. The SMILES string of the molecule is CC(=O)OC[C@H]1O[C@@H](OC(C)=O)[C@@H](n2cc([N+](=O)[O-])nc2C)[C@@H](OC(C)=O)[C@@H]1OC(C)=O. The molecule has 2 heterocycles. The van der Waals surface area contributed by atoms with Crippen LogP contribution in [0, 0.1) is 17.0 Å². The van der Waals surface area contributed by atoms with Gasteiger partial charge in [0.1, 0.15) is 24.9 Å². The van der Waals surface area contributed by atoms with Crippen LogP contribution in [0.15, 0.2) is 6.20 Å². The quantitative estimate of drug-likeness (QED) is 0.238. The van der Waals surface area contributed by atoms with Gasteiger partial charge in [0.25, 0.3) is 0 Å². The van der Waals surface area contributed by atoms with E-state index in [2.05, 4.69) is 4.98 Å². The lowest BCUT2D eigenvalue weighted by molar-refractivity contribution is -0.389. The number of imidazole rings is 1. The molecule has 1 aliphatic rings. The first-order valence-electron chi connectivity index (χ1n) is 9.41. The summed E-state index contributed by atoms with van der Waals surface area (Å²) >= 11 is 0. The van der Waals surface area contributed by atoms with Gasteiger partial charge in [-0.05, 0) is 9.91 Å². The average molecular weight is 457 g/mol. The largest absolute Gasteiger partial charge is 0.463 e. The molecule has 0 aliphatic carbocycles. The average Bonchev–Trinajstić information content (AvgIpc) is 3.03. The first-order valence-corrected chi connectivity index (χ1v) is 9.41. The minimum Gasteiger partial charge on any atom is -0.463 e. The molecule has 0 amide bonds. The molecule has 0 radical (unpaired) electrons. The summed E-state index contributed by atoms with van der Waals surface area (Å²) in [6.45, 7) is 5.47. The lowest BCUT2D eigenvalue weighted by Crippen LogP contribution is -2.59. The summed E-state index contributed by atoms with van der Waals surface area (Å²) in [5.41, 5.74) is 0. The van der Waals surface area contributed by atoms with Crippen LogP contribution in [-0.4, -0.2) is 69.6 Å². The molecule has 14 nitrogen and oxygen atoms in total. The van der Waals surface area contributed by atoms with Crippen LogP contribution in [0.4, 0.5) is 5.82 Å². The van der Waals surface area contributed by atoms with Crippen LogP contribution in [-0.2, 0) is 42.9 Å². The number of carbonyl (C=O) groups is 4. The smallest absolute Gasteiger partial charge is 0.381 e. The number of hydrogen-bond donors (Lipinski definition) is 0. The molecule has 1 aromatic rings. The molecular weight excluding hydrogens is 434 g/mol. The maximum atomic E-state index is 11.9. The summed E-state index contributed by atoms with van der Waals surface area (Å²) in [5, 5.41) is 11.2. The second-order valence-electron chi connectivity index (χ2n) is 6.90. The number of esters is 4. The van der Waals surface area contributed by atoms with Crippen LogP contribution >= 0.6 is 0 Å². The molecule has 0 aromatic carbocycles. The van der Waals surface area contributed by atoms with Crippen molar-refractivity contribution in [1.82, 2.24) is 9.55 Å². The van der Waals surface area contributed by atoms with Gasteiger partial charge in [-0.1, -0.05) is 0 Å². The minimum absolute atomic E-state index is 0.111. The van der Waals surface area contributed by atoms with E-state index in [1.54, 1.807) is 0 Å². The second-order valence-corrected chi connectivity index (χ2v) is 6.90. The van der Waals surface area contributed by atoms with Gasteiger partial charge in [-0.3, -0.25) is 23.7 Å². The molecule has 0 saturated carbocycles. The van der Waals surface area contributed by atoms with E-state index in [9.17, 15) is 29.3 Å². The Morgan fingerprint density at radius 3 is 2.06 bits per heavy atom. The van der Waals surface area contributed by atoms with Crippen molar-refractivity contribution >= 4 is 29.7 Å². The zero-order valence-corrected chi connectivity index (χ0v) is 18.0. The first-order chi connectivity index (χ1) is 14.9. The normalized spacial score (nSPS) is 24.8. The van der Waals surface area contributed by atoms with E-state index in [1.807, 2.05) is 0 Å². The van der Waals surface area contributed by atoms with E-state index in [1.165, 1.54) is 11.5 Å². The third-order valence-electron chi connectivity index (χ3n) is 4.36. The number of ether oxygens (including phenoxy) is 5. The summed E-state index contributed by atoms with van der Waals surface area (Å²) < 4.78 is 27.9. The number of rotatable bonds is 7. The van der Waals surface area contributed by atoms with E-state index in [0.29, 0.717) is 0 Å². The van der Waals surface area contributed by atoms with Gasteiger partial charge in [0, 0.05) is 34.6 Å². The molecule has 0 bridgehead atoms. The molecule has 1 fully saturated rings.